The Balaban J connectivity index is 1.17. The number of amides is 1. The Bertz CT molecular complexity index is 1470. The van der Waals surface area contributed by atoms with Crippen LogP contribution in [0.15, 0.2) is 72.9 Å². The summed E-state index contributed by atoms with van der Waals surface area (Å²) >= 11 is 6.37. The molecule has 0 radical (unpaired) electrons. The van der Waals surface area contributed by atoms with Gasteiger partial charge in [-0.15, -0.1) is 0 Å². The number of esters is 1. The lowest BCUT2D eigenvalue weighted by atomic mass is 9.50. The fourth-order valence-electron chi connectivity index (χ4n) is 6.10. The molecule has 188 valence electrons. The quantitative estimate of drug-likeness (QED) is 0.327. The molecule has 0 bridgehead atoms. The molecule has 3 aromatic carbocycles. The fourth-order valence-corrected chi connectivity index (χ4v) is 6.33. The van der Waals surface area contributed by atoms with Gasteiger partial charge in [-0.05, 0) is 59.9 Å². The number of fused-ring (bicyclic) bond motifs is 1. The molecule has 1 aromatic heterocycles. The zero-order chi connectivity index (χ0) is 25.6. The van der Waals surface area contributed by atoms with Crippen molar-refractivity contribution in [1.29, 1.82) is 0 Å². The van der Waals surface area contributed by atoms with Crippen LogP contribution in [0.3, 0.4) is 0 Å². The minimum Gasteiger partial charge on any atom is -0.469 e. The van der Waals surface area contributed by atoms with Gasteiger partial charge < -0.3 is 10.1 Å². The zero-order valence-electron chi connectivity index (χ0n) is 20.6. The molecule has 1 N–H and O–H groups in total. The molecule has 6 rings (SSSR count). The summed E-state index contributed by atoms with van der Waals surface area (Å²) in [7, 11) is 1.44. The first-order chi connectivity index (χ1) is 17.9. The van der Waals surface area contributed by atoms with Gasteiger partial charge in [0.15, 0.2) is 0 Å². The van der Waals surface area contributed by atoms with Crippen LogP contribution in [-0.4, -0.2) is 34.8 Å². The molecule has 6 nitrogen and oxygen atoms in total. The number of rotatable bonds is 6. The van der Waals surface area contributed by atoms with Crippen molar-refractivity contribution in [3.8, 4) is 11.1 Å². The van der Waals surface area contributed by atoms with Crippen molar-refractivity contribution in [3.05, 3.63) is 89.1 Å². The van der Waals surface area contributed by atoms with E-state index in [-0.39, 0.29) is 29.3 Å². The molecular formula is C30H28ClN3O3. The smallest absolute Gasteiger partial charge is 0.308 e. The Morgan fingerprint density at radius 2 is 1.73 bits per heavy atom. The second-order valence-electron chi connectivity index (χ2n) is 10.5. The van der Waals surface area contributed by atoms with E-state index in [1.54, 1.807) is 12.3 Å². The zero-order valence-corrected chi connectivity index (χ0v) is 21.4. The molecule has 2 fully saturated rings. The molecule has 0 aliphatic heterocycles. The molecular weight excluding hydrogens is 486 g/mol. The summed E-state index contributed by atoms with van der Waals surface area (Å²) in [6, 6.07) is 22.3. The predicted molar refractivity (Wildman–Crippen MR) is 143 cm³/mol. The Labute approximate surface area is 220 Å². The van der Waals surface area contributed by atoms with Gasteiger partial charge in [0, 0.05) is 16.5 Å². The number of methoxy groups -OCH3 is 1. The molecule has 0 atom stereocenters. The predicted octanol–water partition coefficient (Wildman–Crippen LogP) is 5.87. The van der Waals surface area contributed by atoms with E-state index >= 15 is 0 Å². The number of nitrogens with one attached hydrogen (secondary N) is 1. The number of aromatic nitrogens is 2. The summed E-state index contributed by atoms with van der Waals surface area (Å²) in [6.07, 6.45) is 5.24. The van der Waals surface area contributed by atoms with Crippen molar-refractivity contribution in [1.82, 2.24) is 15.1 Å². The highest BCUT2D eigenvalue weighted by atomic mass is 35.5. The molecule has 37 heavy (non-hydrogen) atoms. The molecule has 1 spiro atoms. The van der Waals surface area contributed by atoms with Crippen molar-refractivity contribution in [3.63, 3.8) is 0 Å². The lowest BCUT2D eigenvalue weighted by molar-refractivity contribution is -0.159. The van der Waals surface area contributed by atoms with E-state index in [2.05, 4.69) is 46.8 Å². The molecule has 2 saturated carbocycles. The van der Waals surface area contributed by atoms with E-state index in [0.29, 0.717) is 17.1 Å². The number of hydrogen-bond acceptors (Lipinski definition) is 4. The Morgan fingerprint density at radius 3 is 2.43 bits per heavy atom. The normalized spacial score (nSPS) is 22.3. The summed E-state index contributed by atoms with van der Waals surface area (Å²) in [6.45, 7) is 0.544. The van der Waals surface area contributed by atoms with Crippen LogP contribution in [0.25, 0.3) is 22.0 Å². The standard InChI is InChI=1S/C30H28ClN3O3/c1-37-29(36)23-13-30(14-23)15-25(16-30)33-28(35)26-12-24(31)11-22-17-32-34(27(22)26)18-19-7-9-21(10-8-19)20-5-3-2-4-6-20/h2-12,17,23,25H,13-16,18H2,1H3,(H,33,35). The highest BCUT2D eigenvalue weighted by Gasteiger charge is 2.55. The summed E-state index contributed by atoms with van der Waals surface area (Å²) < 4.78 is 6.73. The highest BCUT2D eigenvalue weighted by molar-refractivity contribution is 6.32. The fraction of sp³-hybridized carbons (Fsp3) is 0.300. The third-order valence-electron chi connectivity index (χ3n) is 7.92. The molecule has 0 saturated heterocycles. The summed E-state index contributed by atoms with van der Waals surface area (Å²) in [4.78, 5) is 25.1. The number of ether oxygens (including phenoxy) is 1. The third-order valence-corrected chi connectivity index (χ3v) is 8.14. The lowest BCUT2D eigenvalue weighted by Crippen LogP contribution is -2.57. The molecule has 1 amide bonds. The first-order valence-corrected chi connectivity index (χ1v) is 13.0. The van der Waals surface area contributed by atoms with Crippen molar-refractivity contribution in [2.24, 2.45) is 11.3 Å². The van der Waals surface area contributed by atoms with Crippen molar-refractivity contribution >= 4 is 34.4 Å². The topological polar surface area (TPSA) is 73.2 Å². The van der Waals surface area contributed by atoms with Crippen LogP contribution in [-0.2, 0) is 16.1 Å². The number of benzene rings is 3. The SMILES string of the molecule is COC(=O)C1CC2(CC(NC(=O)c3cc(Cl)cc4cnn(Cc5ccc(-c6ccccc6)cc5)c34)C2)C1. The van der Waals surface area contributed by atoms with E-state index in [0.717, 1.165) is 47.7 Å². The summed E-state index contributed by atoms with van der Waals surface area (Å²) in [5.41, 5.74) is 4.91. The summed E-state index contributed by atoms with van der Waals surface area (Å²) in [5, 5.41) is 9.11. The van der Waals surface area contributed by atoms with E-state index < -0.39 is 0 Å². The number of carbonyl (C=O) groups is 2. The number of halogens is 1. The maximum atomic E-state index is 13.4. The average molecular weight is 514 g/mol. The van der Waals surface area contributed by atoms with Gasteiger partial charge in [0.05, 0.1) is 36.8 Å². The Hall–Kier alpha value is -3.64. The maximum Gasteiger partial charge on any atom is 0.308 e. The number of hydrogen-bond donors (Lipinski definition) is 1. The van der Waals surface area contributed by atoms with Gasteiger partial charge in [0.25, 0.3) is 5.91 Å². The van der Waals surface area contributed by atoms with Gasteiger partial charge in [-0.25, -0.2) is 0 Å². The van der Waals surface area contributed by atoms with Crippen LogP contribution in [0.5, 0.6) is 0 Å². The van der Waals surface area contributed by atoms with Crippen LogP contribution >= 0.6 is 11.6 Å². The number of carbonyl (C=O) groups excluding carboxylic acids is 2. The van der Waals surface area contributed by atoms with Gasteiger partial charge in [0.2, 0.25) is 0 Å². The van der Waals surface area contributed by atoms with Gasteiger partial charge in [0.1, 0.15) is 0 Å². The van der Waals surface area contributed by atoms with Crippen molar-refractivity contribution in [2.75, 3.05) is 7.11 Å². The first-order valence-electron chi connectivity index (χ1n) is 12.6. The lowest BCUT2D eigenvalue weighted by Gasteiger charge is -2.56. The van der Waals surface area contributed by atoms with Crippen LogP contribution in [0.1, 0.15) is 41.6 Å². The van der Waals surface area contributed by atoms with E-state index in [4.69, 9.17) is 16.3 Å². The maximum absolute atomic E-state index is 13.4. The molecule has 2 aliphatic carbocycles. The van der Waals surface area contributed by atoms with Gasteiger partial charge in [-0.2, -0.15) is 5.10 Å². The van der Waals surface area contributed by atoms with Gasteiger partial charge in [-0.1, -0.05) is 66.2 Å². The average Bonchev–Trinajstić information content (AvgIpc) is 3.26. The molecule has 4 aromatic rings. The van der Waals surface area contributed by atoms with Crippen molar-refractivity contribution in [2.45, 2.75) is 38.3 Å². The molecule has 0 unspecified atom stereocenters. The van der Waals surface area contributed by atoms with Crippen LogP contribution in [0, 0.1) is 11.3 Å². The van der Waals surface area contributed by atoms with E-state index in [1.807, 2.05) is 28.9 Å². The second kappa shape index (κ2) is 9.34. The van der Waals surface area contributed by atoms with Crippen LogP contribution in [0.2, 0.25) is 5.02 Å². The highest BCUT2D eigenvalue weighted by Crippen LogP contribution is 2.59. The van der Waals surface area contributed by atoms with Crippen LogP contribution in [0.4, 0.5) is 0 Å². The summed E-state index contributed by atoms with van der Waals surface area (Å²) in [5.74, 6) is -0.259. The number of nitrogens with zero attached hydrogens (tertiary/aromatic N) is 2. The van der Waals surface area contributed by atoms with Gasteiger partial charge in [-0.3, -0.25) is 14.3 Å². The van der Waals surface area contributed by atoms with Crippen molar-refractivity contribution < 1.29 is 14.3 Å². The largest absolute Gasteiger partial charge is 0.469 e. The molecule has 2 aliphatic rings. The Kier molecular flexibility index (Phi) is 6.00. The minimum absolute atomic E-state index is 0.00492. The Morgan fingerprint density at radius 1 is 1.03 bits per heavy atom. The third kappa shape index (κ3) is 4.51. The van der Waals surface area contributed by atoms with E-state index in [9.17, 15) is 9.59 Å². The van der Waals surface area contributed by atoms with Crippen LogP contribution < -0.4 is 5.32 Å². The molecule has 1 heterocycles. The monoisotopic (exact) mass is 513 g/mol. The second-order valence-corrected chi connectivity index (χ2v) is 10.9. The minimum atomic E-state index is -0.141. The first kappa shape index (κ1) is 23.7. The van der Waals surface area contributed by atoms with Gasteiger partial charge >= 0.3 is 5.97 Å². The van der Waals surface area contributed by atoms with E-state index in [1.165, 1.54) is 12.7 Å². The molecule has 7 heteroatoms.